The van der Waals surface area contributed by atoms with E-state index in [1.165, 1.54) is 12.1 Å². The van der Waals surface area contributed by atoms with Crippen LogP contribution in [-0.4, -0.2) is 34.2 Å². The minimum atomic E-state index is -0.301. The maximum Gasteiger partial charge on any atom is 0.242 e. The zero-order valence-corrected chi connectivity index (χ0v) is 17.8. The van der Waals surface area contributed by atoms with Crippen LogP contribution in [0.1, 0.15) is 44.6 Å². The third-order valence-corrected chi connectivity index (χ3v) is 5.63. The Hall–Kier alpha value is -2.21. The minimum Gasteiger partial charge on any atom is -0.332 e. The van der Waals surface area contributed by atoms with Gasteiger partial charge in [-0.25, -0.2) is 4.39 Å². The lowest BCUT2D eigenvalue weighted by molar-refractivity contribution is -0.144. The van der Waals surface area contributed by atoms with Crippen molar-refractivity contribution in [1.82, 2.24) is 9.80 Å². The van der Waals surface area contributed by atoms with E-state index < -0.39 is 0 Å². The van der Waals surface area contributed by atoms with Crippen LogP contribution in [-0.2, 0) is 22.7 Å². The van der Waals surface area contributed by atoms with Crippen molar-refractivity contribution in [3.63, 3.8) is 0 Å². The van der Waals surface area contributed by atoms with Gasteiger partial charge in [0.2, 0.25) is 11.8 Å². The van der Waals surface area contributed by atoms with Crippen LogP contribution in [0.5, 0.6) is 0 Å². The van der Waals surface area contributed by atoms with Gasteiger partial charge in [0, 0.05) is 23.4 Å². The first-order valence-corrected chi connectivity index (χ1v) is 10.5. The maximum atomic E-state index is 13.2. The van der Waals surface area contributed by atoms with E-state index in [9.17, 15) is 14.0 Å². The Balaban J connectivity index is 2.20. The van der Waals surface area contributed by atoms with Gasteiger partial charge in [0.25, 0.3) is 0 Å². The molecule has 1 aromatic heterocycles. The van der Waals surface area contributed by atoms with Crippen molar-refractivity contribution in [2.24, 2.45) is 5.92 Å². The van der Waals surface area contributed by atoms with Gasteiger partial charge in [-0.1, -0.05) is 39.0 Å². The zero-order chi connectivity index (χ0) is 20.7. The molecule has 1 unspecified atom stereocenters. The Kier molecular flexibility index (Phi) is 8.18. The number of hydrogen-bond donors (Lipinski definition) is 0. The number of amides is 2. The average Bonchev–Trinajstić information content (AvgIpc) is 3.19. The monoisotopic (exact) mass is 404 g/mol. The fourth-order valence-corrected chi connectivity index (χ4v) is 3.60. The summed E-state index contributed by atoms with van der Waals surface area (Å²) in [6.45, 7) is 8.58. The number of halogens is 1. The molecular weight excluding hydrogens is 375 g/mol. The molecule has 0 radical (unpaired) electrons. The first-order valence-electron chi connectivity index (χ1n) is 9.66. The molecule has 4 nitrogen and oxygen atoms in total. The molecule has 0 spiro atoms. The van der Waals surface area contributed by atoms with E-state index in [1.54, 1.807) is 33.3 Å². The van der Waals surface area contributed by atoms with Gasteiger partial charge in [-0.15, -0.1) is 11.3 Å². The molecular formula is C22H29FN2O2S. The summed E-state index contributed by atoms with van der Waals surface area (Å²) < 4.78 is 13.2. The van der Waals surface area contributed by atoms with E-state index in [2.05, 4.69) is 0 Å². The molecule has 6 heteroatoms. The molecule has 0 saturated heterocycles. The van der Waals surface area contributed by atoms with Gasteiger partial charge in [-0.05, 0) is 42.5 Å². The summed E-state index contributed by atoms with van der Waals surface area (Å²) in [6, 6.07) is 10.1. The van der Waals surface area contributed by atoms with Crippen LogP contribution in [0.3, 0.4) is 0 Å². The van der Waals surface area contributed by atoms with E-state index in [0.29, 0.717) is 13.1 Å². The molecule has 0 N–H and O–H groups in total. The molecule has 2 amide bonds. The normalized spacial score (nSPS) is 12.1. The molecule has 0 bridgehead atoms. The highest BCUT2D eigenvalue weighted by atomic mass is 32.1. The quantitative estimate of drug-likeness (QED) is 0.608. The van der Waals surface area contributed by atoms with Crippen LogP contribution in [0.15, 0.2) is 41.8 Å². The molecule has 0 aliphatic carbocycles. The molecule has 0 fully saturated rings. The van der Waals surface area contributed by atoms with E-state index >= 15 is 0 Å². The Morgan fingerprint density at radius 3 is 2.29 bits per heavy atom. The second-order valence-corrected chi connectivity index (χ2v) is 8.37. The zero-order valence-electron chi connectivity index (χ0n) is 17.0. The number of nitrogens with zero attached hydrogens (tertiary/aromatic N) is 2. The summed E-state index contributed by atoms with van der Waals surface area (Å²) in [7, 11) is 0. The fourth-order valence-electron chi connectivity index (χ4n) is 2.88. The topological polar surface area (TPSA) is 40.6 Å². The molecule has 152 valence electrons. The third-order valence-electron chi connectivity index (χ3n) is 4.77. The highest BCUT2D eigenvalue weighted by Gasteiger charge is 2.26. The molecule has 1 aromatic carbocycles. The average molecular weight is 405 g/mol. The third kappa shape index (κ3) is 6.16. The van der Waals surface area contributed by atoms with Gasteiger partial charge < -0.3 is 9.80 Å². The van der Waals surface area contributed by atoms with Crippen molar-refractivity contribution in [2.75, 3.05) is 6.54 Å². The molecule has 0 aliphatic heterocycles. The number of benzene rings is 1. The van der Waals surface area contributed by atoms with Gasteiger partial charge >= 0.3 is 0 Å². The highest BCUT2D eigenvalue weighted by molar-refractivity contribution is 7.09. The van der Waals surface area contributed by atoms with Crippen molar-refractivity contribution >= 4 is 23.2 Å². The van der Waals surface area contributed by atoms with Crippen LogP contribution >= 0.6 is 11.3 Å². The van der Waals surface area contributed by atoms with Gasteiger partial charge in [0.15, 0.2) is 0 Å². The smallest absolute Gasteiger partial charge is 0.242 e. The second kappa shape index (κ2) is 10.4. The van der Waals surface area contributed by atoms with Crippen molar-refractivity contribution in [1.29, 1.82) is 0 Å². The summed E-state index contributed by atoms with van der Waals surface area (Å²) in [4.78, 5) is 30.3. The number of carbonyl (C=O) groups excluding carboxylic acids is 2. The Morgan fingerprint density at radius 1 is 1.07 bits per heavy atom. The van der Waals surface area contributed by atoms with Crippen LogP contribution in [0.4, 0.5) is 4.39 Å². The van der Waals surface area contributed by atoms with E-state index in [0.717, 1.165) is 16.9 Å². The van der Waals surface area contributed by atoms with E-state index in [4.69, 9.17) is 0 Å². The number of hydrogen-bond acceptors (Lipinski definition) is 3. The van der Waals surface area contributed by atoms with E-state index in [1.807, 2.05) is 45.2 Å². The maximum absolute atomic E-state index is 13.2. The van der Waals surface area contributed by atoms with Crippen molar-refractivity contribution in [2.45, 2.75) is 53.2 Å². The SMILES string of the molecule is CCC(C)N(CC(=O)N(Cc1ccc(F)cc1)Cc1cccs1)C(=O)C(C)C. The predicted octanol–water partition coefficient (Wildman–Crippen LogP) is 4.70. The summed E-state index contributed by atoms with van der Waals surface area (Å²) in [5.74, 6) is -0.581. The van der Waals surface area contributed by atoms with Crippen LogP contribution in [0.2, 0.25) is 0 Å². The number of thiophene rings is 1. The number of carbonyl (C=O) groups is 2. The molecule has 0 saturated carbocycles. The standard InChI is InChI=1S/C22H29FN2O2S/c1-5-17(4)25(22(27)16(2)3)15-21(26)24(14-20-7-6-12-28-20)13-18-8-10-19(23)11-9-18/h6-12,16-17H,5,13-15H2,1-4H3. The first-order chi connectivity index (χ1) is 13.3. The summed E-state index contributed by atoms with van der Waals surface area (Å²) >= 11 is 1.59. The molecule has 2 aromatic rings. The van der Waals surface area contributed by atoms with Gasteiger partial charge in [0.05, 0.1) is 6.54 Å². The highest BCUT2D eigenvalue weighted by Crippen LogP contribution is 2.17. The Bertz CT molecular complexity index is 759. The molecule has 28 heavy (non-hydrogen) atoms. The van der Waals surface area contributed by atoms with Crippen molar-refractivity contribution in [3.8, 4) is 0 Å². The lowest BCUT2D eigenvalue weighted by Crippen LogP contribution is -2.47. The summed E-state index contributed by atoms with van der Waals surface area (Å²) in [5.41, 5.74) is 0.858. The summed E-state index contributed by atoms with van der Waals surface area (Å²) in [6.07, 6.45) is 0.786. The number of rotatable bonds is 9. The first kappa shape index (κ1) is 22.1. The lowest BCUT2D eigenvalue weighted by atomic mass is 10.1. The van der Waals surface area contributed by atoms with Crippen LogP contribution in [0, 0.1) is 11.7 Å². The fraction of sp³-hybridized carbons (Fsp3) is 0.455. The molecule has 0 aliphatic rings. The van der Waals surface area contributed by atoms with Gasteiger partial charge in [-0.3, -0.25) is 9.59 Å². The van der Waals surface area contributed by atoms with Gasteiger partial charge in [-0.2, -0.15) is 0 Å². The summed E-state index contributed by atoms with van der Waals surface area (Å²) in [5, 5.41) is 1.98. The second-order valence-electron chi connectivity index (χ2n) is 7.33. The Labute approximate surface area is 171 Å². The van der Waals surface area contributed by atoms with Crippen molar-refractivity contribution < 1.29 is 14.0 Å². The van der Waals surface area contributed by atoms with Crippen molar-refractivity contribution in [3.05, 3.63) is 58.0 Å². The molecule has 2 rings (SSSR count). The largest absolute Gasteiger partial charge is 0.332 e. The molecule has 1 atom stereocenters. The Morgan fingerprint density at radius 2 is 1.75 bits per heavy atom. The van der Waals surface area contributed by atoms with Gasteiger partial charge in [0.1, 0.15) is 12.4 Å². The van der Waals surface area contributed by atoms with E-state index in [-0.39, 0.29) is 36.1 Å². The van der Waals surface area contributed by atoms with Crippen LogP contribution in [0.25, 0.3) is 0 Å². The lowest BCUT2D eigenvalue weighted by Gasteiger charge is -2.32. The predicted molar refractivity (Wildman–Crippen MR) is 111 cm³/mol. The van der Waals surface area contributed by atoms with Crippen LogP contribution < -0.4 is 0 Å². The minimum absolute atomic E-state index is 0.00624. The molecule has 1 heterocycles.